The van der Waals surface area contributed by atoms with E-state index >= 15 is 0 Å². The Hall–Kier alpha value is -0.610. The summed E-state index contributed by atoms with van der Waals surface area (Å²) in [6, 6.07) is -0.197. The van der Waals surface area contributed by atoms with E-state index < -0.39 is 0 Å². The first-order chi connectivity index (χ1) is 5.61. The summed E-state index contributed by atoms with van der Waals surface area (Å²) in [4.78, 5) is 12.8. The lowest BCUT2D eigenvalue weighted by Gasteiger charge is -2.32. The number of aliphatic hydroxyl groups excluding tert-OH is 1. The van der Waals surface area contributed by atoms with E-state index in [0.29, 0.717) is 0 Å². The van der Waals surface area contributed by atoms with Crippen LogP contribution in [0, 0.1) is 0 Å². The summed E-state index contributed by atoms with van der Waals surface area (Å²) in [6.07, 6.45) is 1.30. The number of aliphatic hydroxyl groups is 1. The van der Waals surface area contributed by atoms with Crippen LogP contribution in [0.4, 0.5) is 0 Å². The molecule has 0 aromatic rings. The average Bonchev–Trinajstić information content (AvgIpc) is 2.04. The highest BCUT2D eigenvalue weighted by molar-refractivity contribution is 5.79. The van der Waals surface area contributed by atoms with Gasteiger partial charge in [0.1, 0.15) is 0 Å². The van der Waals surface area contributed by atoms with Crippen molar-refractivity contribution < 1.29 is 9.90 Å². The molecular formula is C8H16N2O2. The third-order valence-corrected chi connectivity index (χ3v) is 2.46. The SMILES string of the molecule is CC(C(N)=O)N1CCC(O)CC1. The Balaban J connectivity index is 2.39. The lowest BCUT2D eigenvalue weighted by molar-refractivity contribution is -0.123. The van der Waals surface area contributed by atoms with Crippen molar-refractivity contribution in [1.82, 2.24) is 4.90 Å². The molecule has 0 spiro atoms. The van der Waals surface area contributed by atoms with Crippen LogP contribution < -0.4 is 5.73 Å². The van der Waals surface area contributed by atoms with Gasteiger partial charge < -0.3 is 10.8 Å². The summed E-state index contributed by atoms with van der Waals surface area (Å²) < 4.78 is 0. The highest BCUT2D eigenvalue weighted by atomic mass is 16.3. The molecule has 1 heterocycles. The largest absolute Gasteiger partial charge is 0.393 e. The second-order valence-corrected chi connectivity index (χ2v) is 3.35. The molecule has 0 aromatic heterocycles. The molecule has 0 radical (unpaired) electrons. The van der Waals surface area contributed by atoms with Gasteiger partial charge in [-0.25, -0.2) is 0 Å². The fraction of sp³-hybridized carbons (Fsp3) is 0.875. The third kappa shape index (κ3) is 2.19. The van der Waals surface area contributed by atoms with Gasteiger partial charge in [0.15, 0.2) is 0 Å². The van der Waals surface area contributed by atoms with Gasteiger partial charge in [0.2, 0.25) is 5.91 Å². The maximum atomic E-state index is 10.8. The molecule has 4 heteroatoms. The van der Waals surface area contributed by atoms with E-state index in [1.54, 1.807) is 6.92 Å². The molecule has 12 heavy (non-hydrogen) atoms. The molecule has 70 valence electrons. The molecule has 4 nitrogen and oxygen atoms in total. The third-order valence-electron chi connectivity index (χ3n) is 2.46. The first kappa shape index (κ1) is 9.48. The van der Waals surface area contributed by atoms with Crippen LogP contribution in [0.5, 0.6) is 0 Å². The van der Waals surface area contributed by atoms with E-state index in [0.717, 1.165) is 25.9 Å². The molecule has 1 rings (SSSR count). The Kier molecular flexibility index (Phi) is 3.05. The Bertz CT molecular complexity index is 164. The Morgan fingerprint density at radius 2 is 2.08 bits per heavy atom. The van der Waals surface area contributed by atoms with E-state index in [4.69, 9.17) is 5.73 Å². The zero-order chi connectivity index (χ0) is 9.14. The van der Waals surface area contributed by atoms with Crippen molar-refractivity contribution in [2.45, 2.75) is 31.9 Å². The molecule has 1 atom stereocenters. The number of nitrogens with zero attached hydrogens (tertiary/aromatic N) is 1. The predicted molar refractivity (Wildman–Crippen MR) is 45.5 cm³/mol. The minimum absolute atomic E-state index is 0.193. The van der Waals surface area contributed by atoms with Crippen LogP contribution in [0.25, 0.3) is 0 Å². The number of nitrogens with two attached hydrogens (primary N) is 1. The van der Waals surface area contributed by atoms with Crippen LogP contribution in [0.2, 0.25) is 0 Å². The van der Waals surface area contributed by atoms with Crippen LogP contribution in [0.1, 0.15) is 19.8 Å². The maximum Gasteiger partial charge on any atom is 0.234 e. The van der Waals surface area contributed by atoms with Gasteiger partial charge in [-0.3, -0.25) is 9.69 Å². The predicted octanol–water partition coefficient (Wildman–Crippen LogP) is -0.683. The smallest absolute Gasteiger partial charge is 0.234 e. The van der Waals surface area contributed by atoms with E-state index in [9.17, 15) is 9.90 Å². The minimum Gasteiger partial charge on any atom is -0.393 e. The normalized spacial score (nSPS) is 23.8. The molecule has 3 N–H and O–H groups in total. The Morgan fingerprint density at radius 1 is 1.58 bits per heavy atom. The van der Waals surface area contributed by atoms with Crippen molar-refractivity contribution in [3.63, 3.8) is 0 Å². The van der Waals surface area contributed by atoms with Crippen LogP contribution >= 0.6 is 0 Å². The molecule has 1 saturated heterocycles. The van der Waals surface area contributed by atoms with Gasteiger partial charge in [-0.2, -0.15) is 0 Å². The highest BCUT2D eigenvalue weighted by Gasteiger charge is 2.23. The molecule has 1 unspecified atom stereocenters. The molecule has 1 aliphatic rings. The first-order valence-corrected chi connectivity index (χ1v) is 4.32. The summed E-state index contributed by atoms with van der Waals surface area (Å²) in [5, 5.41) is 9.20. The van der Waals surface area contributed by atoms with Gasteiger partial charge in [0, 0.05) is 13.1 Å². The molecule has 0 aromatic carbocycles. The van der Waals surface area contributed by atoms with Crippen LogP contribution in [0.15, 0.2) is 0 Å². The first-order valence-electron chi connectivity index (χ1n) is 4.32. The zero-order valence-corrected chi connectivity index (χ0v) is 7.36. The summed E-state index contributed by atoms with van der Waals surface area (Å²) in [6.45, 7) is 3.34. The van der Waals surface area contributed by atoms with E-state index in [-0.39, 0.29) is 18.1 Å². The molecule has 0 aliphatic carbocycles. The standard InChI is InChI=1S/C8H16N2O2/c1-6(8(9)12)10-4-2-7(11)3-5-10/h6-7,11H,2-5H2,1H3,(H2,9,12). The number of likely N-dealkylation sites (tertiary alicyclic amines) is 1. The fourth-order valence-electron chi connectivity index (χ4n) is 1.45. The quantitative estimate of drug-likeness (QED) is 0.580. The number of carbonyl (C=O) groups excluding carboxylic acids is 1. The van der Waals surface area contributed by atoms with E-state index in [1.807, 2.05) is 4.90 Å². The maximum absolute atomic E-state index is 10.8. The fourth-order valence-corrected chi connectivity index (χ4v) is 1.45. The minimum atomic E-state index is -0.286. The molecule has 1 aliphatic heterocycles. The van der Waals surface area contributed by atoms with Gasteiger partial charge in [-0.1, -0.05) is 0 Å². The summed E-state index contributed by atoms with van der Waals surface area (Å²) in [5.74, 6) is -0.286. The van der Waals surface area contributed by atoms with Gasteiger partial charge >= 0.3 is 0 Å². The lowest BCUT2D eigenvalue weighted by atomic mass is 10.1. The van der Waals surface area contributed by atoms with Crippen LogP contribution in [-0.4, -0.2) is 41.1 Å². The monoisotopic (exact) mass is 172 g/mol. The number of rotatable bonds is 2. The van der Waals surface area contributed by atoms with E-state index in [1.165, 1.54) is 0 Å². The van der Waals surface area contributed by atoms with Crippen molar-refractivity contribution in [2.75, 3.05) is 13.1 Å². The Morgan fingerprint density at radius 3 is 2.50 bits per heavy atom. The number of carbonyl (C=O) groups is 1. The zero-order valence-electron chi connectivity index (χ0n) is 7.36. The molecule has 0 saturated carbocycles. The second-order valence-electron chi connectivity index (χ2n) is 3.35. The van der Waals surface area contributed by atoms with Crippen molar-refractivity contribution >= 4 is 5.91 Å². The molecular weight excluding hydrogens is 156 g/mol. The van der Waals surface area contributed by atoms with Gasteiger partial charge in [-0.15, -0.1) is 0 Å². The number of hydrogen-bond donors (Lipinski definition) is 2. The van der Waals surface area contributed by atoms with Crippen molar-refractivity contribution in [1.29, 1.82) is 0 Å². The topological polar surface area (TPSA) is 66.6 Å². The number of primary amides is 1. The van der Waals surface area contributed by atoms with Crippen LogP contribution in [-0.2, 0) is 4.79 Å². The van der Waals surface area contributed by atoms with Gasteiger partial charge in [0.05, 0.1) is 12.1 Å². The van der Waals surface area contributed by atoms with Crippen molar-refractivity contribution in [3.8, 4) is 0 Å². The number of piperidine rings is 1. The van der Waals surface area contributed by atoms with E-state index in [2.05, 4.69) is 0 Å². The second kappa shape index (κ2) is 3.87. The average molecular weight is 172 g/mol. The van der Waals surface area contributed by atoms with Gasteiger partial charge in [0.25, 0.3) is 0 Å². The highest BCUT2D eigenvalue weighted by Crippen LogP contribution is 2.12. The summed E-state index contributed by atoms with van der Waals surface area (Å²) >= 11 is 0. The summed E-state index contributed by atoms with van der Waals surface area (Å²) in [5.41, 5.74) is 5.16. The van der Waals surface area contributed by atoms with Gasteiger partial charge in [-0.05, 0) is 19.8 Å². The number of amides is 1. The van der Waals surface area contributed by atoms with Crippen molar-refractivity contribution in [3.05, 3.63) is 0 Å². The van der Waals surface area contributed by atoms with Crippen LogP contribution in [0.3, 0.4) is 0 Å². The molecule has 1 amide bonds. The van der Waals surface area contributed by atoms with Crippen molar-refractivity contribution in [2.24, 2.45) is 5.73 Å². The molecule has 0 bridgehead atoms. The molecule has 1 fully saturated rings. The number of hydrogen-bond acceptors (Lipinski definition) is 3. The Labute approximate surface area is 72.3 Å². The summed E-state index contributed by atoms with van der Waals surface area (Å²) in [7, 11) is 0. The lowest BCUT2D eigenvalue weighted by Crippen LogP contribution is -2.47.